The van der Waals surface area contributed by atoms with Crippen LogP contribution >= 0.6 is 0 Å². The first-order valence-corrected chi connectivity index (χ1v) is 10.7. The molecule has 2 aliphatic carbocycles. The van der Waals surface area contributed by atoms with Crippen LogP contribution in [0.3, 0.4) is 0 Å². The van der Waals surface area contributed by atoms with Gasteiger partial charge in [0.05, 0.1) is 35.9 Å². The highest BCUT2D eigenvalue weighted by molar-refractivity contribution is 5.81. The molecule has 2 aromatic heterocycles. The van der Waals surface area contributed by atoms with Gasteiger partial charge in [-0.1, -0.05) is 12.1 Å². The number of hydrogen-bond acceptors (Lipinski definition) is 6. The molecule has 3 heterocycles. The monoisotopic (exact) mass is 400 g/mol. The summed E-state index contributed by atoms with van der Waals surface area (Å²) >= 11 is 0. The molecule has 0 unspecified atom stereocenters. The van der Waals surface area contributed by atoms with E-state index in [0.717, 1.165) is 54.0 Å². The minimum absolute atomic E-state index is 0.185. The Morgan fingerprint density at radius 3 is 2.77 bits per heavy atom. The molecule has 2 saturated carbocycles. The SMILES string of the molecule is C[C@@H]1CN(c2cc(-n3ncc4ccc(C5(C#N)CC6(CC6)C5)cc43)ncn2)CCO1. The average Bonchev–Trinajstić information content (AvgIpc) is 3.43. The second kappa shape index (κ2) is 6.26. The summed E-state index contributed by atoms with van der Waals surface area (Å²) in [6.45, 7) is 4.41. The number of nitrogens with zero attached hydrogens (tertiary/aromatic N) is 6. The Labute approximate surface area is 175 Å². The van der Waals surface area contributed by atoms with Gasteiger partial charge in [0.1, 0.15) is 12.1 Å². The van der Waals surface area contributed by atoms with E-state index in [2.05, 4.69) is 51.2 Å². The summed E-state index contributed by atoms with van der Waals surface area (Å²) in [5.41, 5.74) is 2.20. The lowest BCUT2D eigenvalue weighted by Gasteiger charge is -2.44. The molecule has 1 aromatic carbocycles. The van der Waals surface area contributed by atoms with Crippen LogP contribution in [0.2, 0.25) is 0 Å². The van der Waals surface area contributed by atoms with Gasteiger partial charge in [-0.15, -0.1) is 0 Å². The number of hydrogen-bond donors (Lipinski definition) is 0. The predicted molar refractivity (Wildman–Crippen MR) is 112 cm³/mol. The van der Waals surface area contributed by atoms with Crippen molar-refractivity contribution in [2.75, 3.05) is 24.6 Å². The van der Waals surface area contributed by atoms with Crippen molar-refractivity contribution in [1.29, 1.82) is 5.26 Å². The number of anilines is 1. The lowest BCUT2D eigenvalue weighted by molar-refractivity contribution is 0.0529. The van der Waals surface area contributed by atoms with Gasteiger partial charge in [-0.3, -0.25) is 0 Å². The summed E-state index contributed by atoms with van der Waals surface area (Å²) < 4.78 is 7.52. The molecule has 1 aliphatic heterocycles. The molecule has 0 amide bonds. The van der Waals surface area contributed by atoms with Crippen molar-refractivity contribution in [2.45, 2.75) is 44.1 Å². The fourth-order valence-electron chi connectivity index (χ4n) is 5.26. The van der Waals surface area contributed by atoms with Crippen molar-refractivity contribution in [1.82, 2.24) is 19.7 Å². The first kappa shape index (κ1) is 17.8. The zero-order chi connectivity index (χ0) is 20.3. The number of fused-ring (bicyclic) bond motifs is 1. The van der Waals surface area contributed by atoms with Crippen molar-refractivity contribution in [3.63, 3.8) is 0 Å². The van der Waals surface area contributed by atoms with Gasteiger partial charge in [0.25, 0.3) is 0 Å². The van der Waals surface area contributed by atoms with Gasteiger partial charge in [0, 0.05) is 24.5 Å². The van der Waals surface area contributed by atoms with E-state index in [1.807, 2.05) is 16.9 Å². The number of nitriles is 1. The molecule has 0 N–H and O–H groups in total. The standard InChI is InChI=1S/C23H24N6O/c1-16-11-28(6-7-30-16)20-9-21(26-15-25-20)29-19-8-18(3-2-17(19)10-27-29)23(14-24)12-22(13-23)4-5-22/h2-3,8-10,15-16H,4-7,11-13H2,1H3/t16-/m1/s1. The Morgan fingerprint density at radius 2 is 2.00 bits per heavy atom. The van der Waals surface area contributed by atoms with Gasteiger partial charge in [-0.25, -0.2) is 14.6 Å². The molecule has 7 nitrogen and oxygen atoms in total. The summed E-state index contributed by atoms with van der Waals surface area (Å²) in [4.78, 5) is 11.2. The maximum absolute atomic E-state index is 9.95. The van der Waals surface area contributed by atoms with Gasteiger partial charge in [0.2, 0.25) is 0 Å². The first-order chi connectivity index (χ1) is 14.6. The summed E-state index contributed by atoms with van der Waals surface area (Å²) in [6.07, 6.45) is 8.18. The number of ether oxygens (including phenoxy) is 1. The van der Waals surface area contributed by atoms with Gasteiger partial charge in [-0.05, 0) is 49.7 Å². The molecule has 30 heavy (non-hydrogen) atoms. The fourth-order valence-corrected chi connectivity index (χ4v) is 5.26. The fraction of sp³-hybridized carbons (Fsp3) is 0.478. The predicted octanol–water partition coefficient (Wildman–Crippen LogP) is 3.38. The lowest BCUT2D eigenvalue weighted by atomic mass is 9.57. The summed E-state index contributed by atoms with van der Waals surface area (Å²) in [5, 5.41) is 15.6. The Morgan fingerprint density at radius 1 is 1.17 bits per heavy atom. The highest BCUT2D eigenvalue weighted by atomic mass is 16.5. The zero-order valence-corrected chi connectivity index (χ0v) is 17.1. The summed E-state index contributed by atoms with van der Waals surface area (Å²) in [6, 6.07) is 10.9. The third-order valence-electron chi connectivity index (χ3n) is 7.07. The van der Waals surface area contributed by atoms with Crippen LogP contribution in [0.5, 0.6) is 0 Å². The number of aromatic nitrogens is 4. The number of morpholine rings is 1. The maximum atomic E-state index is 9.95. The molecule has 7 heteroatoms. The van der Waals surface area contributed by atoms with Crippen molar-refractivity contribution in [2.24, 2.45) is 5.41 Å². The van der Waals surface area contributed by atoms with Crippen molar-refractivity contribution < 1.29 is 4.74 Å². The lowest BCUT2D eigenvalue weighted by Crippen LogP contribution is -2.41. The van der Waals surface area contributed by atoms with Crippen LogP contribution in [0.25, 0.3) is 16.7 Å². The topological polar surface area (TPSA) is 79.9 Å². The van der Waals surface area contributed by atoms with Gasteiger partial charge in [0.15, 0.2) is 5.82 Å². The normalized spacial score (nSPS) is 23.9. The van der Waals surface area contributed by atoms with E-state index in [1.165, 1.54) is 12.8 Å². The molecule has 0 radical (unpaired) electrons. The van der Waals surface area contributed by atoms with E-state index in [4.69, 9.17) is 4.74 Å². The molecule has 1 atom stereocenters. The van der Waals surface area contributed by atoms with E-state index in [-0.39, 0.29) is 11.5 Å². The molecular formula is C23H24N6O. The van der Waals surface area contributed by atoms with Crippen LogP contribution < -0.4 is 4.90 Å². The van der Waals surface area contributed by atoms with E-state index in [1.54, 1.807) is 6.33 Å². The molecule has 0 bridgehead atoms. The largest absolute Gasteiger partial charge is 0.375 e. The minimum atomic E-state index is -0.347. The zero-order valence-electron chi connectivity index (χ0n) is 17.1. The smallest absolute Gasteiger partial charge is 0.159 e. The highest BCUT2D eigenvalue weighted by Crippen LogP contribution is 2.68. The molecular weight excluding hydrogens is 376 g/mol. The van der Waals surface area contributed by atoms with Crippen LogP contribution in [-0.4, -0.2) is 45.5 Å². The molecule has 3 aliphatic rings. The van der Waals surface area contributed by atoms with E-state index < -0.39 is 0 Å². The Hall–Kier alpha value is -2.98. The molecule has 3 fully saturated rings. The van der Waals surface area contributed by atoms with Crippen molar-refractivity contribution in [3.05, 3.63) is 42.4 Å². The quantitative estimate of drug-likeness (QED) is 0.671. The molecule has 152 valence electrons. The van der Waals surface area contributed by atoms with Crippen LogP contribution in [-0.2, 0) is 10.2 Å². The van der Waals surface area contributed by atoms with Crippen LogP contribution in [0.4, 0.5) is 5.82 Å². The Bertz CT molecular complexity index is 1170. The maximum Gasteiger partial charge on any atom is 0.159 e. The van der Waals surface area contributed by atoms with Gasteiger partial charge < -0.3 is 9.64 Å². The van der Waals surface area contributed by atoms with Crippen molar-refractivity contribution in [3.8, 4) is 11.9 Å². The van der Waals surface area contributed by atoms with Crippen LogP contribution in [0.15, 0.2) is 36.8 Å². The second-order valence-electron chi connectivity index (χ2n) is 9.24. The third kappa shape index (κ3) is 2.71. The number of benzene rings is 1. The third-order valence-corrected chi connectivity index (χ3v) is 7.07. The summed E-state index contributed by atoms with van der Waals surface area (Å²) in [7, 11) is 0. The minimum Gasteiger partial charge on any atom is -0.375 e. The van der Waals surface area contributed by atoms with Gasteiger partial charge >= 0.3 is 0 Å². The summed E-state index contributed by atoms with van der Waals surface area (Å²) in [5.74, 6) is 1.63. The van der Waals surface area contributed by atoms with E-state index >= 15 is 0 Å². The molecule has 6 rings (SSSR count). The van der Waals surface area contributed by atoms with E-state index in [9.17, 15) is 5.26 Å². The highest BCUT2D eigenvalue weighted by Gasteiger charge is 2.61. The van der Waals surface area contributed by atoms with Crippen molar-refractivity contribution >= 4 is 16.7 Å². The van der Waals surface area contributed by atoms with Crippen LogP contribution in [0, 0.1) is 16.7 Å². The Balaban J connectivity index is 1.37. The molecule has 3 aromatic rings. The second-order valence-corrected chi connectivity index (χ2v) is 9.24. The Kier molecular flexibility index (Phi) is 3.72. The average molecular weight is 400 g/mol. The first-order valence-electron chi connectivity index (χ1n) is 10.7. The van der Waals surface area contributed by atoms with E-state index in [0.29, 0.717) is 12.0 Å². The molecule has 1 spiro atoms. The molecule has 1 saturated heterocycles. The van der Waals surface area contributed by atoms with Crippen LogP contribution in [0.1, 0.15) is 38.2 Å². The van der Waals surface area contributed by atoms with Gasteiger partial charge in [-0.2, -0.15) is 10.4 Å². The number of rotatable bonds is 3.